The molecule has 0 aromatic carbocycles. The highest BCUT2D eigenvalue weighted by molar-refractivity contribution is 5.93. The first kappa shape index (κ1) is 18.6. The first-order chi connectivity index (χ1) is 14.7. The standard InChI is InChI=1S/C22H23N5O3/c28-22(29)27-5-3-15(4-6-27)19-14-25-21-18(19)11-17(13-24-21)16-1-2-20(23-12-16)26-7-9-30-10-8-26/h1-3,11-14H,4-10H2,(H,24,25)(H,28,29). The normalized spacial score (nSPS) is 17.3. The monoisotopic (exact) mass is 405 g/mol. The number of H-pyrrole nitrogens is 1. The number of hydrogen-bond donors (Lipinski definition) is 2. The van der Waals surface area contributed by atoms with Crippen molar-refractivity contribution in [1.29, 1.82) is 0 Å². The topological polar surface area (TPSA) is 94.6 Å². The minimum atomic E-state index is -0.874. The van der Waals surface area contributed by atoms with Crippen LogP contribution in [0.25, 0.3) is 27.7 Å². The number of carboxylic acid groups (broad SMARTS) is 1. The van der Waals surface area contributed by atoms with Crippen LogP contribution < -0.4 is 4.90 Å². The van der Waals surface area contributed by atoms with Crippen LogP contribution in [-0.4, -0.2) is 70.4 Å². The van der Waals surface area contributed by atoms with E-state index in [4.69, 9.17) is 9.84 Å². The average molecular weight is 405 g/mol. The third-order valence-electron chi connectivity index (χ3n) is 5.77. The molecular weight excluding hydrogens is 382 g/mol. The molecule has 2 aliphatic rings. The molecule has 1 saturated heterocycles. The van der Waals surface area contributed by atoms with Crippen molar-refractivity contribution in [2.75, 3.05) is 44.3 Å². The van der Waals surface area contributed by atoms with Crippen LogP contribution in [0.5, 0.6) is 0 Å². The van der Waals surface area contributed by atoms with Gasteiger partial charge >= 0.3 is 6.09 Å². The number of nitrogens with zero attached hydrogens (tertiary/aromatic N) is 4. The molecule has 2 aliphatic heterocycles. The second-order valence-electron chi connectivity index (χ2n) is 7.53. The number of pyridine rings is 2. The van der Waals surface area contributed by atoms with Crippen LogP contribution >= 0.6 is 0 Å². The lowest BCUT2D eigenvalue weighted by Crippen LogP contribution is -2.36. The van der Waals surface area contributed by atoms with Crippen LogP contribution in [0.4, 0.5) is 10.6 Å². The first-order valence-corrected chi connectivity index (χ1v) is 10.1. The molecule has 30 heavy (non-hydrogen) atoms. The predicted molar refractivity (Wildman–Crippen MR) is 115 cm³/mol. The average Bonchev–Trinajstić information content (AvgIpc) is 3.23. The molecule has 1 fully saturated rings. The van der Waals surface area contributed by atoms with Gasteiger partial charge in [-0.3, -0.25) is 0 Å². The molecule has 0 unspecified atom stereocenters. The van der Waals surface area contributed by atoms with E-state index in [2.05, 4.69) is 32.0 Å². The van der Waals surface area contributed by atoms with E-state index in [1.807, 2.05) is 30.7 Å². The second-order valence-corrected chi connectivity index (χ2v) is 7.53. The number of anilines is 1. The summed E-state index contributed by atoms with van der Waals surface area (Å²) in [6, 6.07) is 6.26. The molecule has 0 radical (unpaired) electrons. The highest BCUT2D eigenvalue weighted by Gasteiger charge is 2.19. The number of aromatic amines is 1. The molecule has 0 atom stereocenters. The molecule has 5 heterocycles. The largest absolute Gasteiger partial charge is 0.465 e. The van der Waals surface area contributed by atoms with Crippen LogP contribution in [0.15, 0.2) is 42.9 Å². The van der Waals surface area contributed by atoms with Gasteiger partial charge in [0.05, 0.1) is 13.2 Å². The zero-order valence-corrected chi connectivity index (χ0v) is 16.5. The highest BCUT2D eigenvalue weighted by atomic mass is 16.5. The number of amides is 1. The molecule has 0 spiro atoms. The van der Waals surface area contributed by atoms with E-state index >= 15 is 0 Å². The summed E-state index contributed by atoms with van der Waals surface area (Å²) >= 11 is 0. The molecule has 2 N–H and O–H groups in total. The summed E-state index contributed by atoms with van der Waals surface area (Å²) in [4.78, 5) is 27.3. The lowest BCUT2D eigenvalue weighted by Gasteiger charge is -2.27. The smallest absolute Gasteiger partial charge is 0.407 e. The molecular formula is C22H23N5O3. The molecule has 0 bridgehead atoms. The van der Waals surface area contributed by atoms with Gasteiger partial charge in [0.1, 0.15) is 11.5 Å². The summed E-state index contributed by atoms with van der Waals surface area (Å²) in [5.41, 5.74) is 5.09. The van der Waals surface area contributed by atoms with Gasteiger partial charge in [0.2, 0.25) is 0 Å². The fourth-order valence-electron chi connectivity index (χ4n) is 4.05. The molecule has 8 nitrogen and oxygen atoms in total. The van der Waals surface area contributed by atoms with Gasteiger partial charge in [0.25, 0.3) is 0 Å². The van der Waals surface area contributed by atoms with E-state index in [0.717, 1.165) is 65.4 Å². The lowest BCUT2D eigenvalue weighted by molar-refractivity contribution is 0.122. The number of nitrogens with one attached hydrogen (secondary N) is 1. The molecule has 8 heteroatoms. The number of hydrogen-bond acceptors (Lipinski definition) is 5. The number of carbonyl (C=O) groups is 1. The summed E-state index contributed by atoms with van der Waals surface area (Å²) in [6.07, 6.45) is 7.52. The Balaban J connectivity index is 1.42. The zero-order chi connectivity index (χ0) is 20.5. The number of ether oxygens (including phenoxy) is 1. The first-order valence-electron chi connectivity index (χ1n) is 10.1. The maximum Gasteiger partial charge on any atom is 0.407 e. The second kappa shape index (κ2) is 7.79. The van der Waals surface area contributed by atoms with Crippen molar-refractivity contribution in [1.82, 2.24) is 19.9 Å². The van der Waals surface area contributed by atoms with E-state index < -0.39 is 6.09 Å². The molecule has 0 saturated carbocycles. The summed E-state index contributed by atoms with van der Waals surface area (Å²) in [7, 11) is 0. The van der Waals surface area contributed by atoms with Gasteiger partial charge in [-0.15, -0.1) is 0 Å². The van der Waals surface area contributed by atoms with Gasteiger partial charge in [-0.25, -0.2) is 14.8 Å². The minimum Gasteiger partial charge on any atom is -0.465 e. The molecule has 154 valence electrons. The number of morpholine rings is 1. The maximum absolute atomic E-state index is 11.2. The summed E-state index contributed by atoms with van der Waals surface area (Å²) in [5, 5.41) is 10.2. The Morgan fingerprint density at radius 1 is 1.10 bits per heavy atom. The van der Waals surface area contributed by atoms with Crippen LogP contribution in [0.1, 0.15) is 12.0 Å². The van der Waals surface area contributed by atoms with E-state index in [9.17, 15) is 4.79 Å². The summed E-state index contributed by atoms with van der Waals surface area (Å²) in [5.74, 6) is 0.966. The van der Waals surface area contributed by atoms with Crippen molar-refractivity contribution in [3.8, 4) is 11.1 Å². The van der Waals surface area contributed by atoms with E-state index in [1.165, 1.54) is 4.90 Å². The van der Waals surface area contributed by atoms with Crippen molar-refractivity contribution >= 4 is 28.5 Å². The number of rotatable bonds is 3. The summed E-state index contributed by atoms with van der Waals surface area (Å²) in [6.45, 7) is 4.12. The van der Waals surface area contributed by atoms with Gasteiger partial charge in [0, 0.05) is 66.8 Å². The number of aromatic nitrogens is 3. The third-order valence-corrected chi connectivity index (χ3v) is 5.77. The summed E-state index contributed by atoms with van der Waals surface area (Å²) < 4.78 is 5.41. The van der Waals surface area contributed by atoms with Gasteiger partial charge < -0.3 is 24.6 Å². The van der Waals surface area contributed by atoms with E-state index in [0.29, 0.717) is 19.5 Å². The molecule has 5 rings (SSSR count). The van der Waals surface area contributed by atoms with Crippen molar-refractivity contribution in [2.45, 2.75) is 6.42 Å². The predicted octanol–water partition coefficient (Wildman–Crippen LogP) is 3.23. The fraction of sp³-hybridized carbons (Fsp3) is 0.318. The zero-order valence-electron chi connectivity index (χ0n) is 16.5. The Kier molecular flexibility index (Phi) is 4.84. The van der Waals surface area contributed by atoms with Gasteiger partial charge in [-0.05, 0) is 30.2 Å². The third kappa shape index (κ3) is 3.50. The Hall–Kier alpha value is -3.39. The maximum atomic E-state index is 11.2. The fourth-order valence-corrected chi connectivity index (χ4v) is 4.05. The van der Waals surface area contributed by atoms with Crippen molar-refractivity contribution in [3.63, 3.8) is 0 Å². The van der Waals surface area contributed by atoms with E-state index in [-0.39, 0.29) is 0 Å². The highest BCUT2D eigenvalue weighted by Crippen LogP contribution is 2.31. The van der Waals surface area contributed by atoms with Crippen molar-refractivity contribution in [3.05, 3.63) is 48.4 Å². The molecule has 3 aromatic heterocycles. The molecule has 0 aliphatic carbocycles. The van der Waals surface area contributed by atoms with Crippen LogP contribution in [0.3, 0.4) is 0 Å². The van der Waals surface area contributed by atoms with Crippen LogP contribution in [0, 0.1) is 0 Å². The SMILES string of the molecule is O=C(O)N1CC=C(c2c[nH]c3ncc(-c4ccc(N5CCOCC5)nc4)cc23)CC1. The Bertz CT molecular complexity index is 1100. The number of fused-ring (bicyclic) bond motifs is 1. The molecule has 3 aromatic rings. The van der Waals surface area contributed by atoms with E-state index in [1.54, 1.807) is 0 Å². The Labute approximate surface area is 173 Å². The van der Waals surface area contributed by atoms with Crippen molar-refractivity contribution in [2.24, 2.45) is 0 Å². The minimum absolute atomic E-state index is 0.414. The van der Waals surface area contributed by atoms with Gasteiger partial charge in [0.15, 0.2) is 0 Å². The Morgan fingerprint density at radius 2 is 1.93 bits per heavy atom. The molecule has 1 amide bonds. The van der Waals surface area contributed by atoms with Gasteiger partial charge in [-0.1, -0.05) is 6.08 Å². The van der Waals surface area contributed by atoms with Crippen LogP contribution in [-0.2, 0) is 4.74 Å². The van der Waals surface area contributed by atoms with Crippen molar-refractivity contribution < 1.29 is 14.6 Å². The Morgan fingerprint density at radius 3 is 2.63 bits per heavy atom. The lowest BCUT2D eigenvalue weighted by atomic mass is 9.98. The van der Waals surface area contributed by atoms with Gasteiger partial charge in [-0.2, -0.15) is 0 Å². The van der Waals surface area contributed by atoms with Crippen LogP contribution in [0.2, 0.25) is 0 Å². The quantitative estimate of drug-likeness (QED) is 0.695.